The second kappa shape index (κ2) is 10.8. The SMILES string of the molecule is COC(=O)Cc1ccc(N2C(=O)C(=O)/C(=C(/O)c3ccc(OC)c(C(C)(C)C)c3)C2c2ccccc2C)cc1. The number of anilines is 1. The van der Waals surface area contributed by atoms with Crippen molar-refractivity contribution in [3.63, 3.8) is 0 Å². The zero-order valence-corrected chi connectivity index (χ0v) is 23.1. The molecule has 0 bridgehead atoms. The van der Waals surface area contributed by atoms with Crippen molar-refractivity contribution in [1.82, 2.24) is 0 Å². The number of methoxy groups -OCH3 is 2. The number of benzene rings is 3. The molecule has 3 aromatic rings. The molecule has 1 atom stereocenters. The van der Waals surface area contributed by atoms with Crippen LogP contribution in [0.2, 0.25) is 0 Å². The quantitative estimate of drug-likeness (QED) is 0.193. The number of aliphatic hydroxyl groups excluding tert-OH is 1. The fourth-order valence-corrected chi connectivity index (χ4v) is 4.90. The molecule has 1 aliphatic heterocycles. The number of nitrogens with zero attached hydrogens (tertiary/aromatic N) is 1. The van der Waals surface area contributed by atoms with Gasteiger partial charge in [0.05, 0.1) is 32.3 Å². The number of ether oxygens (including phenoxy) is 2. The highest BCUT2D eigenvalue weighted by atomic mass is 16.5. The van der Waals surface area contributed by atoms with Gasteiger partial charge < -0.3 is 14.6 Å². The second-order valence-electron chi connectivity index (χ2n) is 10.6. The molecule has 0 radical (unpaired) electrons. The second-order valence-corrected chi connectivity index (χ2v) is 10.6. The highest BCUT2D eigenvalue weighted by Crippen LogP contribution is 2.44. The average Bonchev–Trinajstić information content (AvgIpc) is 3.17. The van der Waals surface area contributed by atoms with E-state index in [1.807, 2.05) is 52.0 Å². The van der Waals surface area contributed by atoms with Gasteiger partial charge in [0.25, 0.3) is 11.7 Å². The normalized spacial score (nSPS) is 16.9. The Morgan fingerprint density at radius 3 is 2.23 bits per heavy atom. The van der Waals surface area contributed by atoms with Crippen molar-refractivity contribution < 1.29 is 29.0 Å². The van der Waals surface area contributed by atoms with Crippen molar-refractivity contribution in [2.75, 3.05) is 19.1 Å². The van der Waals surface area contributed by atoms with Crippen molar-refractivity contribution in [3.8, 4) is 5.75 Å². The number of rotatable bonds is 6. The minimum atomic E-state index is -0.849. The summed E-state index contributed by atoms with van der Waals surface area (Å²) >= 11 is 0. The maximum Gasteiger partial charge on any atom is 0.309 e. The monoisotopic (exact) mass is 527 g/mol. The molecule has 1 fully saturated rings. The molecule has 0 spiro atoms. The first-order valence-corrected chi connectivity index (χ1v) is 12.7. The van der Waals surface area contributed by atoms with Gasteiger partial charge in [-0.05, 0) is 59.4 Å². The summed E-state index contributed by atoms with van der Waals surface area (Å²) in [6, 6.07) is 18.7. The Kier molecular flexibility index (Phi) is 7.63. The van der Waals surface area contributed by atoms with E-state index in [9.17, 15) is 19.5 Å². The molecular weight excluding hydrogens is 494 g/mol. The molecule has 7 nitrogen and oxygen atoms in total. The molecule has 1 amide bonds. The number of aliphatic hydroxyl groups is 1. The minimum Gasteiger partial charge on any atom is -0.507 e. The summed E-state index contributed by atoms with van der Waals surface area (Å²) in [7, 11) is 2.91. The number of ketones is 1. The Hall–Kier alpha value is -4.39. The molecule has 39 heavy (non-hydrogen) atoms. The predicted molar refractivity (Wildman–Crippen MR) is 150 cm³/mol. The molecule has 1 aliphatic rings. The number of carbonyl (C=O) groups is 3. The van der Waals surface area contributed by atoms with Crippen LogP contribution in [0.4, 0.5) is 5.69 Å². The summed E-state index contributed by atoms with van der Waals surface area (Å²) in [5, 5.41) is 11.6. The Labute approximate surface area is 228 Å². The summed E-state index contributed by atoms with van der Waals surface area (Å²) in [4.78, 5) is 40.2. The summed E-state index contributed by atoms with van der Waals surface area (Å²) in [6.45, 7) is 8.00. The molecule has 7 heteroatoms. The van der Waals surface area contributed by atoms with Crippen LogP contribution in [0.3, 0.4) is 0 Å². The van der Waals surface area contributed by atoms with Gasteiger partial charge in [0.1, 0.15) is 11.5 Å². The van der Waals surface area contributed by atoms with Gasteiger partial charge in [0.2, 0.25) is 0 Å². The molecule has 0 aliphatic carbocycles. The highest BCUT2D eigenvalue weighted by Gasteiger charge is 2.47. The summed E-state index contributed by atoms with van der Waals surface area (Å²) < 4.78 is 10.3. The van der Waals surface area contributed by atoms with Crippen molar-refractivity contribution in [3.05, 3.63) is 100 Å². The smallest absolute Gasteiger partial charge is 0.309 e. The van der Waals surface area contributed by atoms with Gasteiger partial charge in [0.15, 0.2) is 0 Å². The van der Waals surface area contributed by atoms with Crippen molar-refractivity contribution >= 4 is 29.1 Å². The van der Waals surface area contributed by atoms with Gasteiger partial charge in [-0.2, -0.15) is 0 Å². The van der Waals surface area contributed by atoms with Crippen molar-refractivity contribution in [2.45, 2.75) is 45.6 Å². The van der Waals surface area contributed by atoms with Gasteiger partial charge in [-0.3, -0.25) is 19.3 Å². The average molecular weight is 528 g/mol. The molecular formula is C32H33NO6. The zero-order chi connectivity index (χ0) is 28.5. The minimum absolute atomic E-state index is 0.0120. The molecule has 202 valence electrons. The maximum atomic E-state index is 13.6. The molecule has 0 saturated carbocycles. The molecule has 1 N–H and O–H groups in total. The van der Waals surface area contributed by atoms with Crippen LogP contribution >= 0.6 is 0 Å². The molecule has 0 aromatic heterocycles. The van der Waals surface area contributed by atoms with Crippen LogP contribution in [0.25, 0.3) is 5.76 Å². The topological polar surface area (TPSA) is 93.1 Å². The van der Waals surface area contributed by atoms with Crippen LogP contribution < -0.4 is 9.64 Å². The van der Waals surface area contributed by atoms with E-state index in [0.717, 1.165) is 16.7 Å². The van der Waals surface area contributed by atoms with E-state index in [-0.39, 0.29) is 29.1 Å². The van der Waals surface area contributed by atoms with E-state index in [1.54, 1.807) is 49.6 Å². The van der Waals surface area contributed by atoms with Crippen LogP contribution in [0.15, 0.2) is 72.3 Å². The Morgan fingerprint density at radius 1 is 0.974 bits per heavy atom. The molecule has 3 aromatic carbocycles. The molecule has 4 rings (SSSR count). The first-order valence-electron chi connectivity index (χ1n) is 12.7. The molecule has 1 saturated heterocycles. The van der Waals surface area contributed by atoms with Gasteiger partial charge in [-0.1, -0.05) is 57.2 Å². The molecule has 1 unspecified atom stereocenters. The Morgan fingerprint density at radius 2 is 1.64 bits per heavy atom. The van der Waals surface area contributed by atoms with Gasteiger partial charge in [-0.25, -0.2) is 0 Å². The van der Waals surface area contributed by atoms with Gasteiger partial charge in [-0.15, -0.1) is 0 Å². The lowest BCUT2D eigenvalue weighted by molar-refractivity contribution is -0.139. The number of aryl methyl sites for hydroxylation is 1. The lowest BCUT2D eigenvalue weighted by Gasteiger charge is -2.27. The summed E-state index contributed by atoms with van der Waals surface area (Å²) in [6.07, 6.45) is 0.0877. The zero-order valence-electron chi connectivity index (χ0n) is 23.1. The summed E-state index contributed by atoms with van der Waals surface area (Å²) in [5.74, 6) is -1.47. The third-order valence-electron chi connectivity index (χ3n) is 7.00. The standard InChI is InChI=1S/C32H33NO6/c1-19-9-7-8-10-23(19)28-27(29(35)21-13-16-25(38-5)24(18-21)32(2,3)4)30(36)31(37)33(28)22-14-11-20(12-15-22)17-26(34)39-6/h7-16,18,28,35H,17H2,1-6H3/b29-27+. The third-order valence-corrected chi connectivity index (χ3v) is 7.00. The lowest BCUT2D eigenvalue weighted by Crippen LogP contribution is -2.29. The van der Waals surface area contributed by atoms with E-state index in [0.29, 0.717) is 22.6 Å². The number of carbonyl (C=O) groups excluding carboxylic acids is 3. The Balaban J connectivity index is 1.90. The maximum absolute atomic E-state index is 13.6. The van der Waals surface area contributed by atoms with Crippen LogP contribution in [0.1, 0.15) is 54.6 Å². The van der Waals surface area contributed by atoms with E-state index in [1.165, 1.54) is 12.0 Å². The first-order chi connectivity index (χ1) is 18.5. The number of amides is 1. The fraction of sp³-hybridized carbons (Fsp3) is 0.281. The van der Waals surface area contributed by atoms with E-state index < -0.39 is 17.7 Å². The van der Waals surface area contributed by atoms with Crippen LogP contribution in [0, 0.1) is 6.92 Å². The number of hydrogen-bond acceptors (Lipinski definition) is 6. The van der Waals surface area contributed by atoms with Crippen molar-refractivity contribution in [2.24, 2.45) is 0 Å². The number of hydrogen-bond donors (Lipinski definition) is 1. The van der Waals surface area contributed by atoms with Gasteiger partial charge in [0, 0.05) is 16.8 Å². The van der Waals surface area contributed by atoms with Crippen LogP contribution in [0.5, 0.6) is 5.75 Å². The van der Waals surface area contributed by atoms with Gasteiger partial charge >= 0.3 is 5.97 Å². The Bertz CT molecular complexity index is 1460. The number of esters is 1. The van der Waals surface area contributed by atoms with Crippen LogP contribution in [-0.2, 0) is 31.0 Å². The predicted octanol–water partition coefficient (Wildman–Crippen LogP) is 5.64. The van der Waals surface area contributed by atoms with E-state index >= 15 is 0 Å². The third kappa shape index (κ3) is 5.30. The van der Waals surface area contributed by atoms with E-state index in [2.05, 4.69) is 0 Å². The number of Topliss-reactive ketones (excluding diaryl/α,β-unsaturated/α-hetero) is 1. The van der Waals surface area contributed by atoms with E-state index in [4.69, 9.17) is 9.47 Å². The van der Waals surface area contributed by atoms with Crippen LogP contribution in [-0.4, -0.2) is 37.0 Å². The fourth-order valence-electron chi connectivity index (χ4n) is 4.90. The largest absolute Gasteiger partial charge is 0.507 e. The molecule has 1 heterocycles. The summed E-state index contributed by atoms with van der Waals surface area (Å²) in [5.41, 5.74) is 3.77. The highest BCUT2D eigenvalue weighted by molar-refractivity contribution is 6.51. The van der Waals surface area contributed by atoms with Crippen molar-refractivity contribution in [1.29, 1.82) is 0 Å². The first kappa shape index (κ1) is 27.6. The lowest BCUT2D eigenvalue weighted by atomic mass is 9.84.